The van der Waals surface area contributed by atoms with Gasteiger partial charge in [-0.2, -0.15) is 0 Å². The number of carbonyl (C=O) groups excluding carboxylic acids is 1. The standard InChI is InChI=1S/C12H22INO3/c1-12(2,3)17-11(15)14-9-7-8(13)5-6-10(9)16-4/h8-10H,5-7H2,1-4H3,(H,14,15)/t8-,9+,10+/m0/s1. The summed E-state index contributed by atoms with van der Waals surface area (Å²) in [6, 6.07) is 0.0606. The van der Waals surface area contributed by atoms with E-state index in [9.17, 15) is 4.79 Å². The summed E-state index contributed by atoms with van der Waals surface area (Å²) in [7, 11) is 1.70. The third-order valence-electron chi connectivity index (χ3n) is 2.73. The summed E-state index contributed by atoms with van der Waals surface area (Å²) < 4.78 is 11.3. The number of nitrogens with one attached hydrogen (secondary N) is 1. The lowest BCUT2D eigenvalue weighted by atomic mass is 9.92. The average molecular weight is 355 g/mol. The van der Waals surface area contributed by atoms with Crippen LogP contribution in [-0.2, 0) is 9.47 Å². The molecule has 0 bridgehead atoms. The maximum absolute atomic E-state index is 11.7. The minimum absolute atomic E-state index is 0.0606. The van der Waals surface area contributed by atoms with Crippen LogP contribution >= 0.6 is 22.6 Å². The number of halogens is 1. The first kappa shape index (κ1) is 15.0. The Labute approximate surface area is 117 Å². The van der Waals surface area contributed by atoms with Crippen molar-refractivity contribution < 1.29 is 14.3 Å². The van der Waals surface area contributed by atoms with Gasteiger partial charge in [-0.1, -0.05) is 22.6 Å². The summed E-state index contributed by atoms with van der Waals surface area (Å²) in [5.41, 5.74) is -0.453. The highest BCUT2D eigenvalue weighted by Crippen LogP contribution is 2.27. The topological polar surface area (TPSA) is 47.6 Å². The van der Waals surface area contributed by atoms with Crippen molar-refractivity contribution >= 4 is 28.7 Å². The number of carbonyl (C=O) groups is 1. The zero-order valence-electron chi connectivity index (χ0n) is 11.0. The molecule has 0 radical (unpaired) electrons. The Morgan fingerprint density at radius 1 is 1.35 bits per heavy atom. The van der Waals surface area contributed by atoms with E-state index in [1.807, 2.05) is 20.8 Å². The Morgan fingerprint density at radius 3 is 2.53 bits per heavy atom. The molecule has 0 aromatic rings. The van der Waals surface area contributed by atoms with Gasteiger partial charge in [0.05, 0.1) is 12.1 Å². The highest BCUT2D eigenvalue weighted by atomic mass is 127. The number of alkyl carbamates (subject to hydrolysis) is 1. The number of hydrogen-bond donors (Lipinski definition) is 1. The molecule has 1 saturated carbocycles. The molecule has 0 aromatic carbocycles. The fourth-order valence-corrected chi connectivity index (χ4v) is 2.89. The number of ether oxygens (including phenoxy) is 2. The summed E-state index contributed by atoms with van der Waals surface area (Å²) in [4.78, 5) is 11.7. The molecule has 100 valence electrons. The quantitative estimate of drug-likeness (QED) is 0.612. The van der Waals surface area contributed by atoms with E-state index in [2.05, 4.69) is 27.9 Å². The van der Waals surface area contributed by atoms with E-state index >= 15 is 0 Å². The van der Waals surface area contributed by atoms with Gasteiger partial charge >= 0.3 is 6.09 Å². The van der Waals surface area contributed by atoms with Crippen LogP contribution in [0.1, 0.15) is 40.0 Å². The molecule has 3 atom stereocenters. The average Bonchev–Trinajstić information content (AvgIpc) is 2.14. The molecule has 5 heteroatoms. The van der Waals surface area contributed by atoms with E-state index in [1.54, 1.807) is 7.11 Å². The zero-order chi connectivity index (χ0) is 13.1. The van der Waals surface area contributed by atoms with Crippen molar-refractivity contribution in [2.75, 3.05) is 7.11 Å². The number of hydrogen-bond acceptors (Lipinski definition) is 3. The van der Waals surface area contributed by atoms with Crippen LogP contribution in [0.25, 0.3) is 0 Å². The minimum Gasteiger partial charge on any atom is -0.444 e. The number of amides is 1. The lowest BCUT2D eigenvalue weighted by molar-refractivity contribution is 0.0228. The van der Waals surface area contributed by atoms with Gasteiger partial charge in [-0.05, 0) is 40.0 Å². The number of alkyl halides is 1. The van der Waals surface area contributed by atoms with E-state index in [4.69, 9.17) is 9.47 Å². The molecule has 0 saturated heterocycles. The van der Waals surface area contributed by atoms with Crippen molar-refractivity contribution in [2.24, 2.45) is 0 Å². The minimum atomic E-state index is -0.453. The van der Waals surface area contributed by atoms with Gasteiger partial charge in [0.2, 0.25) is 0 Å². The number of rotatable bonds is 2. The molecule has 1 aliphatic carbocycles. The van der Waals surface area contributed by atoms with Crippen molar-refractivity contribution in [1.29, 1.82) is 0 Å². The molecule has 0 unspecified atom stereocenters. The van der Waals surface area contributed by atoms with E-state index < -0.39 is 5.60 Å². The lowest BCUT2D eigenvalue weighted by Gasteiger charge is -2.34. The SMILES string of the molecule is CO[C@@H]1CC[C@H](I)C[C@H]1NC(=O)OC(C)(C)C. The van der Waals surface area contributed by atoms with Crippen molar-refractivity contribution in [2.45, 2.75) is 61.7 Å². The second-order valence-electron chi connectivity index (χ2n) is 5.44. The van der Waals surface area contributed by atoms with E-state index in [-0.39, 0.29) is 18.2 Å². The summed E-state index contributed by atoms with van der Waals surface area (Å²) in [6.45, 7) is 5.59. The Kier molecular flexibility index (Phi) is 5.50. The monoisotopic (exact) mass is 355 g/mol. The van der Waals surface area contributed by atoms with Crippen LogP contribution in [0.5, 0.6) is 0 Å². The zero-order valence-corrected chi connectivity index (χ0v) is 13.1. The van der Waals surface area contributed by atoms with Crippen LogP contribution in [0.2, 0.25) is 0 Å². The molecule has 4 nitrogen and oxygen atoms in total. The highest BCUT2D eigenvalue weighted by Gasteiger charge is 2.31. The molecule has 1 fully saturated rings. The Balaban J connectivity index is 2.49. The molecule has 1 N–H and O–H groups in total. The maximum Gasteiger partial charge on any atom is 0.407 e. The lowest BCUT2D eigenvalue weighted by Crippen LogP contribution is -2.49. The molecule has 17 heavy (non-hydrogen) atoms. The van der Waals surface area contributed by atoms with E-state index in [1.165, 1.54) is 0 Å². The van der Waals surface area contributed by atoms with Gasteiger partial charge < -0.3 is 14.8 Å². The second-order valence-corrected chi connectivity index (χ2v) is 7.20. The van der Waals surface area contributed by atoms with Crippen molar-refractivity contribution in [3.63, 3.8) is 0 Å². The predicted molar refractivity (Wildman–Crippen MR) is 75.6 cm³/mol. The van der Waals surface area contributed by atoms with Crippen LogP contribution in [0.3, 0.4) is 0 Å². The molecular weight excluding hydrogens is 333 g/mol. The predicted octanol–water partition coefficient (Wildman–Crippen LogP) is 2.88. The van der Waals surface area contributed by atoms with Gasteiger partial charge in [0.25, 0.3) is 0 Å². The molecule has 1 aliphatic rings. The van der Waals surface area contributed by atoms with Gasteiger partial charge in [0, 0.05) is 11.0 Å². The van der Waals surface area contributed by atoms with Crippen LogP contribution in [0.15, 0.2) is 0 Å². The normalized spacial score (nSPS) is 29.8. The summed E-state index contributed by atoms with van der Waals surface area (Å²) in [6.07, 6.45) is 2.83. The summed E-state index contributed by atoms with van der Waals surface area (Å²) >= 11 is 2.43. The first-order chi connectivity index (χ1) is 7.81. The van der Waals surface area contributed by atoms with Gasteiger partial charge in [0.15, 0.2) is 0 Å². The molecule has 0 aliphatic heterocycles. The van der Waals surface area contributed by atoms with Gasteiger partial charge in [-0.3, -0.25) is 0 Å². The molecule has 0 heterocycles. The summed E-state index contributed by atoms with van der Waals surface area (Å²) in [5.74, 6) is 0. The van der Waals surface area contributed by atoms with Gasteiger partial charge in [-0.25, -0.2) is 4.79 Å². The van der Waals surface area contributed by atoms with Crippen LogP contribution in [0, 0.1) is 0 Å². The van der Waals surface area contributed by atoms with Crippen LogP contribution in [0.4, 0.5) is 4.79 Å². The van der Waals surface area contributed by atoms with Gasteiger partial charge in [-0.15, -0.1) is 0 Å². The van der Waals surface area contributed by atoms with Crippen molar-refractivity contribution in [1.82, 2.24) is 5.32 Å². The summed E-state index contributed by atoms with van der Waals surface area (Å²) in [5, 5.41) is 2.92. The molecule has 1 rings (SSSR count). The third kappa shape index (κ3) is 5.42. The first-order valence-electron chi connectivity index (χ1n) is 5.98. The molecule has 0 spiro atoms. The van der Waals surface area contributed by atoms with E-state index in [0.29, 0.717) is 3.92 Å². The van der Waals surface area contributed by atoms with E-state index in [0.717, 1.165) is 19.3 Å². The molecule has 0 aromatic heterocycles. The van der Waals surface area contributed by atoms with Crippen molar-refractivity contribution in [3.05, 3.63) is 0 Å². The molecular formula is C12H22INO3. The fourth-order valence-electron chi connectivity index (χ4n) is 1.98. The largest absolute Gasteiger partial charge is 0.444 e. The Bertz CT molecular complexity index is 265. The fraction of sp³-hybridized carbons (Fsp3) is 0.917. The van der Waals surface area contributed by atoms with Crippen molar-refractivity contribution in [3.8, 4) is 0 Å². The molecule has 1 amide bonds. The highest BCUT2D eigenvalue weighted by molar-refractivity contribution is 14.1. The first-order valence-corrected chi connectivity index (χ1v) is 7.23. The maximum atomic E-state index is 11.7. The smallest absolute Gasteiger partial charge is 0.407 e. The Morgan fingerprint density at radius 2 is 2.00 bits per heavy atom. The second kappa shape index (κ2) is 6.22. The Hall–Kier alpha value is -0.0400. The van der Waals surface area contributed by atoms with Crippen LogP contribution in [-0.4, -0.2) is 34.9 Å². The third-order valence-corrected chi connectivity index (χ3v) is 3.86. The number of methoxy groups -OCH3 is 1. The van der Waals surface area contributed by atoms with Crippen LogP contribution < -0.4 is 5.32 Å². The van der Waals surface area contributed by atoms with Gasteiger partial charge in [0.1, 0.15) is 5.60 Å².